The van der Waals surface area contributed by atoms with Crippen molar-refractivity contribution in [3.05, 3.63) is 101 Å². The van der Waals surface area contributed by atoms with Gasteiger partial charge < -0.3 is 5.32 Å². The summed E-state index contributed by atoms with van der Waals surface area (Å²) in [6.07, 6.45) is 0.319. The highest BCUT2D eigenvalue weighted by atomic mass is 32.2. The molecular formula is C30H27N3OS. The number of carbonyl (C=O) groups excluding carboxylic acids is 1. The highest BCUT2D eigenvalue weighted by Crippen LogP contribution is 2.34. The number of benzene rings is 3. The highest BCUT2D eigenvalue weighted by Gasteiger charge is 2.16. The molecule has 4 rings (SSSR count). The Morgan fingerprint density at radius 3 is 2.34 bits per heavy atom. The van der Waals surface area contributed by atoms with Gasteiger partial charge in [0.25, 0.3) is 0 Å². The topological polar surface area (TPSA) is 65.8 Å². The molecule has 0 saturated heterocycles. The number of rotatable bonds is 7. The second-order valence-corrected chi connectivity index (χ2v) is 9.61. The smallest absolute Gasteiger partial charge is 0.225 e. The predicted molar refractivity (Wildman–Crippen MR) is 144 cm³/mol. The third-order valence-corrected chi connectivity index (χ3v) is 6.87. The second kappa shape index (κ2) is 11.0. The van der Waals surface area contributed by atoms with Gasteiger partial charge in [-0.15, -0.1) is 11.8 Å². The first kappa shape index (κ1) is 24.3. The molecule has 5 heteroatoms. The van der Waals surface area contributed by atoms with Gasteiger partial charge in [-0.2, -0.15) is 5.26 Å². The molecule has 1 amide bonds. The zero-order chi connectivity index (χ0) is 24.8. The Bertz CT molecular complexity index is 1390. The Morgan fingerprint density at radius 2 is 1.66 bits per heavy atom. The van der Waals surface area contributed by atoms with Crippen molar-refractivity contribution in [1.29, 1.82) is 5.26 Å². The van der Waals surface area contributed by atoms with Crippen LogP contribution in [0.1, 0.15) is 28.7 Å². The van der Waals surface area contributed by atoms with Crippen molar-refractivity contribution in [2.45, 2.75) is 32.2 Å². The van der Waals surface area contributed by atoms with Crippen LogP contribution in [-0.2, 0) is 4.79 Å². The lowest BCUT2D eigenvalue weighted by atomic mass is 9.98. The van der Waals surface area contributed by atoms with E-state index in [-0.39, 0.29) is 5.91 Å². The quantitative estimate of drug-likeness (QED) is 0.283. The molecule has 1 heterocycles. The van der Waals surface area contributed by atoms with E-state index in [1.807, 2.05) is 99.6 Å². The highest BCUT2D eigenvalue weighted by molar-refractivity contribution is 7.99. The van der Waals surface area contributed by atoms with Crippen LogP contribution in [0.15, 0.2) is 83.9 Å². The summed E-state index contributed by atoms with van der Waals surface area (Å²) in [6.45, 7) is 6.12. The molecule has 35 heavy (non-hydrogen) atoms. The fraction of sp³-hybridized carbons (Fsp3) is 0.167. The molecule has 0 bridgehead atoms. The van der Waals surface area contributed by atoms with Crippen molar-refractivity contribution < 1.29 is 4.79 Å². The average molecular weight is 478 g/mol. The summed E-state index contributed by atoms with van der Waals surface area (Å²) >= 11 is 1.44. The van der Waals surface area contributed by atoms with Gasteiger partial charge in [-0.05, 0) is 55.7 Å². The average Bonchev–Trinajstić information content (AvgIpc) is 2.87. The summed E-state index contributed by atoms with van der Waals surface area (Å²) in [6, 6.07) is 28.3. The van der Waals surface area contributed by atoms with Gasteiger partial charge in [0.05, 0.1) is 11.3 Å². The Labute approximate surface area is 211 Å². The minimum Gasteiger partial charge on any atom is -0.326 e. The van der Waals surface area contributed by atoms with Crippen LogP contribution >= 0.6 is 11.8 Å². The van der Waals surface area contributed by atoms with Crippen LogP contribution in [-0.4, -0.2) is 16.6 Å². The van der Waals surface area contributed by atoms with Crippen molar-refractivity contribution in [3.8, 4) is 28.5 Å². The van der Waals surface area contributed by atoms with E-state index >= 15 is 0 Å². The van der Waals surface area contributed by atoms with E-state index in [1.165, 1.54) is 17.3 Å². The minimum absolute atomic E-state index is 0.0581. The van der Waals surface area contributed by atoms with E-state index in [4.69, 9.17) is 4.98 Å². The zero-order valence-corrected chi connectivity index (χ0v) is 20.9. The second-order valence-electron chi connectivity index (χ2n) is 8.52. The number of nitrogens with one attached hydrogen (secondary N) is 1. The number of pyridine rings is 1. The molecule has 4 nitrogen and oxygen atoms in total. The first-order chi connectivity index (χ1) is 16.9. The minimum atomic E-state index is -0.0581. The van der Waals surface area contributed by atoms with Crippen LogP contribution in [0.2, 0.25) is 0 Å². The van der Waals surface area contributed by atoms with Crippen LogP contribution in [0.25, 0.3) is 22.4 Å². The number of aromatic nitrogens is 1. The fourth-order valence-electron chi connectivity index (χ4n) is 3.73. The lowest BCUT2D eigenvalue weighted by Gasteiger charge is -2.13. The normalized spacial score (nSPS) is 10.6. The van der Waals surface area contributed by atoms with E-state index in [0.29, 0.717) is 22.8 Å². The van der Waals surface area contributed by atoms with E-state index in [9.17, 15) is 10.1 Å². The maximum Gasteiger partial charge on any atom is 0.225 e. The van der Waals surface area contributed by atoms with Crippen molar-refractivity contribution in [3.63, 3.8) is 0 Å². The summed E-state index contributed by atoms with van der Waals surface area (Å²) in [7, 11) is 0. The maximum atomic E-state index is 12.6. The van der Waals surface area contributed by atoms with Crippen molar-refractivity contribution >= 4 is 23.4 Å². The molecule has 0 aliphatic heterocycles. The van der Waals surface area contributed by atoms with E-state index in [1.54, 1.807) is 0 Å². The van der Waals surface area contributed by atoms with Gasteiger partial charge in [-0.1, -0.05) is 66.2 Å². The Balaban J connectivity index is 1.58. The summed E-state index contributed by atoms with van der Waals surface area (Å²) < 4.78 is 0. The molecular weight excluding hydrogens is 450 g/mol. The summed E-state index contributed by atoms with van der Waals surface area (Å²) in [5.41, 5.74) is 8.44. The van der Waals surface area contributed by atoms with Gasteiger partial charge in [-0.3, -0.25) is 4.79 Å². The van der Waals surface area contributed by atoms with Crippen molar-refractivity contribution in [1.82, 2.24) is 4.98 Å². The number of nitrogens with zero attached hydrogens (tertiary/aromatic N) is 2. The Kier molecular flexibility index (Phi) is 7.64. The molecule has 174 valence electrons. The van der Waals surface area contributed by atoms with Crippen LogP contribution in [0.4, 0.5) is 5.69 Å². The third-order valence-electron chi connectivity index (χ3n) is 5.89. The van der Waals surface area contributed by atoms with Gasteiger partial charge >= 0.3 is 0 Å². The van der Waals surface area contributed by atoms with E-state index in [2.05, 4.69) is 11.4 Å². The molecule has 0 fully saturated rings. The number of hydrogen-bond acceptors (Lipinski definition) is 4. The van der Waals surface area contributed by atoms with Crippen molar-refractivity contribution in [2.75, 3.05) is 11.1 Å². The maximum absolute atomic E-state index is 12.6. The number of amides is 1. The first-order valence-electron chi connectivity index (χ1n) is 11.5. The molecule has 3 aromatic carbocycles. The van der Waals surface area contributed by atoms with Crippen LogP contribution < -0.4 is 5.32 Å². The first-order valence-corrected chi connectivity index (χ1v) is 12.5. The summed E-state index contributed by atoms with van der Waals surface area (Å²) in [4.78, 5) is 17.4. The van der Waals surface area contributed by atoms with Crippen LogP contribution in [0, 0.1) is 32.1 Å². The third kappa shape index (κ3) is 5.98. The fourth-order valence-corrected chi connectivity index (χ4v) is 4.68. The van der Waals surface area contributed by atoms with Gasteiger partial charge in [0, 0.05) is 29.0 Å². The van der Waals surface area contributed by atoms with Gasteiger partial charge in [0.1, 0.15) is 11.1 Å². The standard InChI is InChI=1S/C30H27N3OS/c1-20-9-12-23(13-10-20)26-18-28(24-7-5-4-6-8-24)33-30(27(26)19-31)35-16-15-29(34)32-25-14-11-21(2)22(3)17-25/h4-14,17-18H,15-16H2,1-3H3,(H,32,34). The Hall–Kier alpha value is -3.88. The lowest BCUT2D eigenvalue weighted by Crippen LogP contribution is -2.12. The van der Waals surface area contributed by atoms with E-state index < -0.39 is 0 Å². The number of anilines is 1. The Morgan fingerprint density at radius 1 is 0.914 bits per heavy atom. The van der Waals surface area contributed by atoms with Gasteiger partial charge in [-0.25, -0.2) is 4.98 Å². The van der Waals surface area contributed by atoms with Gasteiger partial charge in [0.15, 0.2) is 0 Å². The molecule has 0 radical (unpaired) electrons. The van der Waals surface area contributed by atoms with Crippen molar-refractivity contribution in [2.24, 2.45) is 0 Å². The molecule has 4 aromatic rings. The predicted octanol–water partition coefficient (Wildman–Crippen LogP) is 7.33. The molecule has 0 saturated carbocycles. The molecule has 0 atom stereocenters. The zero-order valence-electron chi connectivity index (χ0n) is 20.1. The van der Waals surface area contributed by atoms with Crippen LogP contribution in [0.5, 0.6) is 0 Å². The molecule has 1 aromatic heterocycles. The monoisotopic (exact) mass is 477 g/mol. The van der Waals surface area contributed by atoms with Gasteiger partial charge in [0.2, 0.25) is 5.91 Å². The summed E-state index contributed by atoms with van der Waals surface area (Å²) in [5.74, 6) is 0.460. The molecule has 1 N–H and O–H groups in total. The number of carbonyl (C=O) groups is 1. The molecule has 0 unspecified atom stereocenters. The number of aryl methyl sites for hydroxylation is 3. The SMILES string of the molecule is Cc1ccc(-c2cc(-c3ccccc3)nc(SCCC(=O)Nc3ccc(C)c(C)c3)c2C#N)cc1. The lowest BCUT2D eigenvalue weighted by molar-refractivity contribution is -0.115. The molecule has 0 aliphatic carbocycles. The number of hydrogen-bond donors (Lipinski definition) is 1. The van der Waals surface area contributed by atoms with E-state index in [0.717, 1.165) is 39.2 Å². The largest absolute Gasteiger partial charge is 0.326 e. The molecule has 0 spiro atoms. The summed E-state index contributed by atoms with van der Waals surface area (Å²) in [5, 5.41) is 13.7. The number of thioether (sulfide) groups is 1. The number of nitriles is 1. The van der Waals surface area contributed by atoms with Crippen LogP contribution in [0.3, 0.4) is 0 Å². The molecule has 0 aliphatic rings.